The number of nitrogens with zero attached hydrogens (tertiary/aromatic N) is 1. The van der Waals surface area contributed by atoms with E-state index in [1.807, 2.05) is 78.9 Å². The number of hydrogen-bond acceptors (Lipinski definition) is 3. The maximum absolute atomic E-state index is 14.0. The Kier molecular flexibility index (Phi) is 8.37. The van der Waals surface area contributed by atoms with Gasteiger partial charge >= 0.3 is 0 Å². The quantitative estimate of drug-likeness (QED) is 0.257. The first kappa shape index (κ1) is 26.6. The lowest BCUT2D eigenvalue weighted by molar-refractivity contribution is -0.930. The molecule has 5 aromatic carbocycles. The van der Waals surface area contributed by atoms with E-state index in [1.54, 1.807) is 30.3 Å². The van der Waals surface area contributed by atoms with Crippen LogP contribution in [0.15, 0.2) is 138 Å². The van der Waals surface area contributed by atoms with Gasteiger partial charge in [0.05, 0.1) is 17.1 Å². The number of aliphatic hydroxyl groups is 1. The molecule has 5 nitrogen and oxygen atoms in total. The number of nitrogens with one attached hydrogen (secondary N) is 1. The summed E-state index contributed by atoms with van der Waals surface area (Å²) in [5, 5.41) is 13.2. The van der Waals surface area contributed by atoms with Crippen LogP contribution < -0.4 is 9.21 Å². The van der Waals surface area contributed by atoms with E-state index in [4.69, 9.17) is 0 Å². The lowest BCUT2D eigenvalue weighted by Crippen LogP contribution is -3.10. The van der Waals surface area contributed by atoms with Gasteiger partial charge in [0.15, 0.2) is 0 Å². The molecule has 0 aliphatic heterocycles. The Morgan fingerprint density at radius 2 is 1.15 bits per heavy atom. The third-order valence-electron chi connectivity index (χ3n) is 6.86. The van der Waals surface area contributed by atoms with Crippen molar-refractivity contribution < 1.29 is 18.4 Å². The second-order valence-electron chi connectivity index (χ2n) is 9.78. The van der Waals surface area contributed by atoms with Crippen LogP contribution in [0.2, 0.25) is 0 Å². The molecule has 0 aliphatic rings. The van der Waals surface area contributed by atoms with Gasteiger partial charge in [-0.2, -0.15) is 0 Å². The van der Waals surface area contributed by atoms with Gasteiger partial charge in [-0.25, -0.2) is 8.42 Å². The third kappa shape index (κ3) is 6.55. The van der Waals surface area contributed by atoms with Gasteiger partial charge in [-0.05, 0) is 23.6 Å². The van der Waals surface area contributed by atoms with E-state index in [0.29, 0.717) is 25.3 Å². The average molecular weight is 538 g/mol. The number of benzene rings is 5. The third-order valence-corrected chi connectivity index (χ3v) is 8.66. The number of aliphatic hydroxyl groups excluding tert-OH is 1. The highest BCUT2D eigenvalue weighted by Crippen LogP contribution is 2.31. The molecule has 0 aliphatic carbocycles. The van der Waals surface area contributed by atoms with Gasteiger partial charge in [0.25, 0.3) is 10.0 Å². The van der Waals surface area contributed by atoms with E-state index < -0.39 is 16.1 Å². The molecule has 6 heteroatoms. The van der Waals surface area contributed by atoms with Crippen molar-refractivity contribution in [2.24, 2.45) is 0 Å². The largest absolute Gasteiger partial charge is 0.385 e. The number of quaternary nitrogens is 1. The minimum atomic E-state index is -3.93. The fourth-order valence-corrected chi connectivity index (χ4v) is 6.58. The molecule has 0 fully saturated rings. The Labute approximate surface area is 230 Å². The van der Waals surface area contributed by atoms with Gasteiger partial charge < -0.3 is 10.0 Å². The van der Waals surface area contributed by atoms with E-state index in [-0.39, 0.29) is 11.4 Å². The maximum atomic E-state index is 14.0. The predicted molar refractivity (Wildman–Crippen MR) is 157 cm³/mol. The Hall–Kier alpha value is -3.97. The van der Waals surface area contributed by atoms with Crippen LogP contribution in [0.3, 0.4) is 0 Å². The van der Waals surface area contributed by atoms with Crippen LogP contribution in [0.4, 0.5) is 5.69 Å². The van der Waals surface area contributed by atoms with Crippen molar-refractivity contribution in [3.05, 3.63) is 145 Å². The SMILES string of the molecule is O=S(=O)(c1ccccc1)N(C[C@@H](O)C[NH+](Cc1ccccc1)Cc1ccccc1)c1cccc2ccccc12. The van der Waals surface area contributed by atoms with Gasteiger partial charge in [0, 0.05) is 16.5 Å². The summed E-state index contributed by atoms with van der Waals surface area (Å²) in [7, 11) is -3.93. The second-order valence-corrected chi connectivity index (χ2v) is 11.6. The van der Waals surface area contributed by atoms with Crippen molar-refractivity contribution in [3.63, 3.8) is 0 Å². The highest BCUT2D eigenvalue weighted by Gasteiger charge is 2.30. The van der Waals surface area contributed by atoms with Crippen LogP contribution >= 0.6 is 0 Å². The minimum Gasteiger partial charge on any atom is -0.385 e. The predicted octanol–water partition coefficient (Wildman–Crippen LogP) is 4.68. The Morgan fingerprint density at radius 1 is 0.641 bits per heavy atom. The lowest BCUT2D eigenvalue weighted by atomic mass is 10.1. The molecule has 0 saturated carbocycles. The number of fused-ring (bicyclic) bond motifs is 1. The summed E-state index contributed by atoms with van der Waals surface area (Å²) in [5.74, 6) is 0. The number of rotatable bonds is 11. The van der Waals surface area contributed by atoms with Gasteiger partial charge in [0.2, 0.25) is 0 Å². The molecule has 0 saturated heterocycles. The standard InChI is InChI=1S/C33H32N2O3S/c36-30(25-34(23-27-13-4-1-5-14-27)24-28-15-6-2-7-16-28)26-35(39(37,38)31-19-8-3-9-20-31)33-22-12-18-29-17-10-11-21-32(29)33/h1-22,30,36H,23-26H2/p+1/t30-/m0/s1. The molecule has 0 amide bonds. The normalized spacial score (nSPS) is 12.5. The zero-order valence-electron chi connectivity index (χ0n) is 21.7. The molecule has 0 bridgehead atoms. The fourth-order valence-electron chi connectivity index (χ4n) is 5.04. The molecule has 0 unspecified atom stereocenters. The van der Waals surface area contributed by atoms with Crippen molar-refractivity contribution >= 4 is 26.5 Å². The molecule has 0 radical (unpaired) electrons. The second kappa shape index (κ2) is 12.3. The average Bonchev–Trinajstić information content (AvgIpc) is 2.97. The van der Waals surface area contributed by atoms with Crippen LogP contribution in [0.1, 0.15) is 11.1 Å². The lowest BCUT2D eigenvalue weighted by Gasteiger charge is -2.29. The summed E-state index contributed by atoms with van der Waals surface area (Å²) in [6.45, 7) is 1.76. The van der Waals surface area contributed by atoms with E-state index in [2.05, 4.69) is 24.3 Å². The summed E-state index contributed by atoms with van der Waals surface area (Å²) in [6, 6.07) is 42.2. The van der Waals surface area contributed by atoms with Crippen LogP contribution in [0.25, 0.3) is 10.8 Å². The molecule has 39 heavy (non-hydrogen) atoms. The van der Waals surface area contributed by atoms with Crippen LogP contribution in [0, 0.1) is 0 Å². The van der Waals surface area contributed by atoms with Crippen LogP contribution in [-0.4, -0.2) is 32.7 Å². The van der Waals surface area contributed by atoms with Crippen molar-refractivity contribution in [1.29, 1.82) is 0 Å². The molecular weight excluding hydrogens is 504 g/mol. The van der Waals surface area contributed by atoms with Crippen molar-refractivity contribution in [2.45, 2.75) is 24.1 Å². The fraction of sp³-hybridized carbons (Fsp3) is 0.152. The molecule has 0 heterocycles. The molecule has 2 N–H and O–H groups in total. The molecule has 0 spiro atoms. The number of hydrogen-bond donors (Lipinski definition) is 2. The highest BCUT2D eigenvalue weighted by atomic mass is 32.2. The summed E-state index contributed by atoms with van der Waals surface area (Å²) >= 11 is 0. The topological polar surface area (TPSA) is 62.0 Å². The van der Waals surface area contributed by atoms with Gasteiger partial charge in [-0.1, -0.05) is 115 Å². The van der Waals surface area contributed by atoms with E-state index in [0.717, 1.165) is 15.7 Å². The Balaban J connectivity index is 1.47. The summed E-state index contributed by atoms with van der Waals surface area (Å²) in [4.78, 5) is 1.35. The van der Waals surface area contributed by atoms with Crippen molar-refractivity contribution in [3.8, 4) is 0 Å². The van der Waals surface area contributed by atoms with Crippen LogP contribution in [0.5, 0.6) is 0 Å². The Morgan fingerprint density at radius 3 is 1.77 bits per heavy atom. The van der Waals surface area contributed by atoms with Gasteiger partial charge in [0.1, 0.15) is 25.7 Å². The zero-order valence-corrected chi connectivity index (χ0v) is 22.5. The summed E-state index contributed by atoms with van der Waals surface area (Å²) in [5.41, 5.74) is 2.89. The Bertz CT molecular complexity index is 1550. The number of sulfonamides is 1. The molecule has 198 valence electrons. The first-order chi connectivity index (χ1) is 19.0. The van der Waals surface area contributed by atoms with Crippen LogP contribution in [-0.2, 0) is 23.1 Å². The van der Waals surface area contributed by atoms with Crippen molar-refractivity contribution in [1.82, 2.24) is 0 Å². The monoisotopic (exact) mass is 537 g/mol. The molecular formula is C33H33N2O3S+. The molecule has 5 aromatic rings. The number of anilines is 1. The van der Waals surface area contributed by atoms with Crippen molar-refractivity contribution in [2.75, 3.05) is 17.4 Å². The minimum absolute atomic E-state index is 0.0572. The zero-order chi connectivity index (χ0) is 27.1. The van der Waals surface area contributed by atoms with Gasteiger partial charge in [-0.3, -0.25) is 4.31 Å². The summed E-state index contributed by atoms with van der Waals surface area (Å²) < 4.78 is 29.3. The van der Waals surface area contributed by atoms with E-state index in [1.165, 1.54) is 15.4 Å². The molecule has 5 rings (SSSR count). The maximum Gasteiger partial charge on any atom is 0.264 e. The summed E-state index contributed by atoms with van der Waals surface area (Å²) in [6.07, 6.45) is -0.898. The first-order valence-corrected chi connectivity index (χ1v) is 14.6. The van der Waals surface area contributed by atoms with Gasteiger partial charge in [-0.15, -0.1) is 0 Å². The first-order valence-electron chi connectivity index (χ1n) is 13.2. The molecule has 1 atom stereocenters. The highest BCUT2D eigenvalue weighted by molar-refractivity contribution is 7.92. The smallest absolute Gasteiger partial charge is 0.264 e. The molecule has 0 aromatic heterocycles. The van der Waals surface area contributed by atoms with E-state index >= 15 is 0 Å². The van der Waals surface area contributed by atoms with E-state index in [9.17, 15) is 13.5 Å².